The summed E-state index contributed by atoms with van der Waals surface area (Å²) in [5, 5.41) is 6.87. The first kappa shape index (κ1) is 22.4. The molecule has 0 spiro atoms. The highest BCUT2D eigenvalue weighted by molar-refractivity contribution is 5.81. The van der Waals surface area contributed by atoms with Crippen LogP contribution in [0.5, 0.6) is 5.75 Å². The fourth-order valence-corrected chi connectivity index (χ4v) is 4.17. The van der Waals surface area contributed by atoms with Crippen LogP contribution in [0.25, 0.3) is 0 Å². The Morgan fingerprint density at radius 3 is 2.80 bits per heavy atom. The maximum absolute atomic E-state index is 12.6. The summed E-state index contributed by atoms with van der Waals surface area (Å²) in [6.45, 7) is 3.84. The van der Waals surface area contributed by atoms with E-state index in [1.807, 2.05) is 31.1 Å². The SMILES string of the molecule is CN=C(NCc1cccc(OCCN(C)C)c1)NC1CCN(C(=O)C2CCCC2)C1. The van der Waals surface area contributed by atoms with Crippen LogP contribution in [0.4, 0.5) is 0 Å². The standard InChI is InChI=1S/C23H37N5O2/c1-24-23(25-16-18-7-6-10-21(15-18)30-14-13-27(2)3)26-20-11-12-28(17-20)22(29)19-8-4-5-9-19/h6-7,10,15,19-20H,4-5,8-9,11-14,16-17H2,1-3H3,(H2,24,25,26). The number of likely N-dealkylation sites (N-methyl/N-ethyl adjacent to an activating group) is 1. The number of benzene rings is 1. The zero-order valence-corrected chi connectivity index (χ0v) is 18.7. The second kappa shape index (κ2) is 11.2. The molecule has 1 aliphatic heterocycles. The fourth-order valence-electron chi connectivity index (χ4n) is 4.17. The number of carbonyl (C=O) groups is 1. The largest absolute Gasteiger partial charge is 0.492 e. The van der Waals surface area contributed by atoms with E-state index in [4.69, 9.17) is 4.74 Å². The van der Waals surface area contributed by atoms with Gasteiger partial charge in [0.05, 0.1) is 0 Å². The monoisotopic (exact) mass is 415 g/mol. The molecule has 1 aromatic carbocycles. The molecule has 1 amide bonds. The van der Waals surface area contributed by atoms with E-state index < -0.39 is 0 Å². The van der Waals surface area contributed by atoms with E-state index in [1.54, 1.807) is 7.05 Å². The quantitative estimate of drug-likeness (QED) is 0.503. The van der Waals surface area contributed by atoms with Crippen molar-refractivity contribution in [1.82, 2.24) is 20.4 Å². The van der Waals surface area contributed by atoms with Crippen molar-refractivity contribution in [2.24, 2.45) is 10.9 Å². The van der Waals surface area contributed by atoms with Gasteiger partial charge in [-0.15, -0.1) is 0 Å². The first-order chi connectivity index (χ1) is 14.5. The molecule has 30 heavy (non-hydrogen) atoms. The van der Waals surface area contributed by atoms with Crippen molar-refractivity contribution in [2.75, 3.05) is 47.4 Å². The summed E-state index contributed by atoms with van der Waals surface area (Å²) < 4.78 is 5.82. The number of carbonyl (C=O) groups excluding carboxylic acids is 1. The van der Waals surface area contributed by atoms with Gasteiger partial charge in [0.15, 0.2) is 5.96 Å². The van der Waals surface area contributed by atoms with Crippen LogP contribution in [0.1, 0.15) is 37.7 Å². The molecule has 2 N–H and O–H groups in total. The Kier molecular flexibility index (Phi) is 8.37. The molecule has 1 heterocycles. The molecular weight excluding hydrogens is 378 g/mol. The van der Waals surface area contributed by atoms with Crippen LogP contribution in [0.3, 0.4) is 0 Å². The molecule has 1 unspecified atom stereocenters. The van der Waals surface area contributed by atoms with Gasteiger partial charge >= 0.3 is 0 Å². The smallest absolute Gasteiger partial charge is 0.225 e. The van der Waals surface area contributed by atoms with Gasteiger partial charge in [-0.2, -0.15) is 0 Å². The van der Waals surface area contributed by atoms with Crippen molar-refractivity contribution in [1.29, 1.82) is 0 Å². The Bertz CT molecular complexity index is 715. The van der Waals surface area contributed by atoms with Gasteiger partial charge in [0, 0.05) is 45.2 Å². The third kappa shape index (κ3) is 6.62. The lowest BCUT2D eigenvalue weighted by Crippen LogP contribution is -2.45. The Hall–Kier alpha value is -2.28. The highest BCUT2D eigenvalue weighted by Crippen LogP contribution is 2.27. The number of likely N-dealkylation sites (tertiary alicyclic amines) is 1. The van der Waals surface area contributed by atoms with Crippen LogP contribution in [0.15, 0.2) is 29.3 Å². The first-order valence-electron chi connectivity index (χ1n) is 11.2. The van der Waals surface area contributed by atoms with Gasteiger partial charge in [0.25, 0.3) is 0 Å². The zero-order chi connectivity index (χ0) is 21.3. The molecule has 1 saturated carbocycles. The van der Waals surface area contributed by atoms with Crippen molar-refractivity contribution in [3.05, 3.63) is 29.8 Å². The minimum absolute atomic E-state index is 0.252. The van der Waals surface area contributed by atoms with E-state index in [-0.39, 0.29) is 12.0 Å². The van der Waals surface area contributed by atoms with Gasteiger partial charge < -0.3 is 25.2 Å². The van der Waals surface area contributed by atoms with E-state index in [0.717, 1.165) is 56.2 Å². The molecule has 1 saturated heterocycles. The summed E-state index contributed by atoms with van der Waals surface area (Å²) in [5.74, 6) is 2.27. The number of aliphatic imine (C=N–C) groups is 1. The van der Waals surface area contributed by atoms with Crippen molar-refractivity contribution >= 4 is 11.9 Å². The van der Waals surface area contributed by atoms with Crippen molar-refractivity contribution in [3.63, 3.8) is 0 Å². The second-order valence-electron chi connectivity index (χ2n) is 8.62. The van der Waals surface area contributed by atoms with Crippen LogP contribution >= 0.6 is 0 Å². The van der Waals surface area contributed by atoms with Crippen LogP contribution < -0.4 is 15.4 Å². The van der Waals surface area contributed by atoms with E-state index in [1.165, 1.54) is 12.8 Å². The van der Waals surface area contributed by atoms with Gasteiger partial charge in [-0.25, -0.2) is 0 Å². The highest BCUT2D eigenvalue weighted by Gasteiger charge is 2.32. The first-order valence-corrected chi connectivity index (χ1v) is 11.2. The predicted octanol–water partition coefficient (Wildman–Crippen LogP) is 2.08. The molecule has 0 bridgehead atoms. The average Bonchev–Trinajstić information content (AvgIpc) is 3.43. The molecule has 0 radical (unpaired) electrons. The predicted molar refractivity (Wildman–Crippen MR) is 121 cm³/mol. The number of hydrogen-bond donors (Lipinski definition) is 2. The molecule has 0 aromatic heterocycles. The molecule has 1 aliphatic carbocycles. The minimum atomic E-state index is 0.252. The number of ether oxygens (including phenoxy) is 1. The number of nitrogens with one attached hydrogen (secondary N) is 2. The van der Waals surface area contributed by atoms with Gasteiger partial charge in [-0.1, -0.05) is 25.0 Å². The maximum Gasteiger partial charge on any atom is 0.225 e. The number of nitrogens with zero attached hydrogens (tertiary/aromatic N) is 3. The van der Waals surface area contributed by atoms with Crippen LogP contribution in [-0.4, -0.2) is 75.1 Å². The van der Waals surface area contributed by atoms with E-state index >= 15 is 0 Å². The average molecular weight is 416 g/mol. The van der Waals surface area contributed by atoms with Crippen molar-refractivity contribution < 1.29 is 9.53 Å². The molecule has 3 rings (SSSR count). The molecule has 2 fully saturated rings. The lowest BCUT2D eigenvalue weighted by Gasteiger charge is -2.21. The van der Waals surface area contributed by atoms with E-state index in [2.05, 4.69) is 32.7 Å². The molecule has 7 heteroatoms. The van der Waals surface area contributed by atoms with Crippen molar-refractivity contribution in [2.45, 2.75) is 44.7 Å². The number of amides is 1. The van der Waals surface area contributed by atoms with Gasteiger partial charge in [0.1, 0.15) is 12.4 Å². The topological polar surface area (TPSA) is 69.2 Å². The zero-order valence-electron chi connectivity index (χ0n) is 18.7. The normalized spacial score (nSPS) is 20.1. The summed E-state index contributed by atoms with van der Waals surface area (Å²) in [4.78, 5) is 21.1. The number of rotatable bonds is 8. The summed E-state index contributed by atoms with van der Waals surface area (Å²) in [5.41, 5.74) is 1.14. The lowest BCUT2D eigenvalue weighted by atomic mass is 10.1. The molecule has 166 valence electrons. The van der Waals surface area contributed by atoms with Gasteiger partial charge in [0.2, 0.25) is 5.91 Å². The number of hydrogen-bond acceptors (Lipinski definition) is 4. The van der Waals surface area contributed by atoms with Crippen LogP contribution in [0.2, 0.25) is 0 Å². The third-order valence-electron chi connectivity index (χ3n) is 5.93. The molecular formula is C23H37N5O2. The van der Waals surface area contributed by atoms with Crippen LogP contribution in [0, 0.1) is 5.92 Å². The number of guanidine groups is 1. The molecule has 2 aliphatic rings. The summed E-state index contributed by atoms with van der Waals surface area (Å²) >= 11 is 0. The molecule has 7 nitrogen and oxygen atoms in total. The van der Waals surface area contributed by atoms with Gasteiger partial charge in [-0.3, -0.25) is 9.79 Å². The second-order valence-corrected chi connectivity index (χ2v) is 8.62. The Labute approximate surface area is 180 Å². The Balaban J connectivity index is 1.43. The fraction of sp³-hybridized carbons (Fsp3) is 0.652. The molecule has 1 aromatic rings. The third-order valence-corrected chi connectivity index (χ3v) is 5.93. The van der Waals surface area contributed by atoms with Gasteiger partial charge in [-0.05, 0) is 51.1 Å². The van der Waals surface area contributed by atoms with E-state index in [9.17, 15) is 4.79 Å². The van der Waals surface area contributed by atoms with Crippen molar-refractivity contribution in [3.8, 4) is 5.75 Å². The summed E-state index contributed by atoms with van der Waals surface area (Å²) in [7, 11) is 5.86. The van der Waals surface area contributed by atoms with Crippen LogP contribution in [-0.2, 0) is 11.3 Å². The molecule has 1 atom stereocenters. The van der Waals surface area contributed by atoms with E-state index in [0.29, 0.717) is 19.1 Å². The highest BCUT2D eigenvalue weighted by atomic mass is 16.5. The minimum Gasteiger partial charge on any atom is -0.492 e. The lowest BCUT2D eigenvalue weighted by molar-refractivity contribution is -0.134. The Morgan fingerprint density at radius 1 is 1.27 bits per heavy atom. The Morgan fingerprint density at radius 2 is 2.07 bits per heavy atom. The summed E-state index contributed by atoms with van der Waals surface area (Å²) in [6.07, 6.45) is 5.49. The maximum atomic E-state index is 12.6. The summed E-state index contributed by atoms with van der Waals surface area (Å²) in [6, 6.07) is 8.40.